The van der Waals surface area contributed by atoms with Crippen LogP contribution in [0.1, 0.15) is 48.7 Å². The average molecular weight is 431 g/mol. The average Bonchev–Trinajstić information content (AvgIpc) is 2.72. The number of amides is 2. The number of benzene rings is 2. The Morgan fingerprint density at radius 1 is 0.967 bits per heavy atom. The monoisotopic (exact) mass is 430 g/mol. The van der Waals surface area contributed by atoms with E-state index in [0.29, 0.717) is 17.0 Å². The molecule has 7 heteroatoms. The summed E-state index contributed by atoms with van der Waals surface area (Å²) in [6.07, 6.45) is 0.423. The van der Waals surface area contributed by atoms with Crippen molar-refractivity contribution in [2.24, 2.45) is 5.92 Å². The normalized spacial score (nSPS) is 12.7. The predicted octanol–water partition coefficient (Wildman–Crippen LogP) is 3.91. The lowest BCUT2D eigenvalue weighted by Crippen LogP contribution is -2.44. The first kappa shape index (κ1) is 23.4. The molecule has 2 amide bonds. The van der Waals surface area contributed by atoms with Crippen LogP contribution in [0.3, 0.4) is 0 Å². The van der Waals surface area contributed by atoms with Gasteiger partial charge < -0.3 is 15.4 Å². The fraction of sp³-hybridized carbons (Fsp3) is 0.348. The molecule has 0 saturated carbocycles. The van der Waals surface area contributed by atoms with Gasteiger partial charge in [-0.2, -0.15) is 0 Å². The SMILES string of the molecule is COC(=O)C(CC(C)C)NC(=O)CC(NC(=O)c1ccccc1Cl)c1ccccc1. The Kier molecular flexibility index (Phi) is 8.87. The molecule has 0 heterocycles. The minimum Gasteiger partial charge on any atom is -0.467 e. The minimum absolute atomic E-state index is 0.0359. The molecule has 6 nitrogen and oxygen atoms in total. The van der Waals surface area contributed by atoms with Gasteiger partial charge in [-0.25, -0.2) is 4.79 Å². The van der Waals surface area contributed by atoms with Crippen LogP contribution in [0.15, 0.2) is 54.6 Å². The summed E-state index contributed by atoms with van der Waals surface area (Å²) in [5, 5.41) is 5.94. The van der Waals surface area contributed by atoms with Crippen LogP contribution in [0.4, 0.5) is 0 Å². The Bertz CT molecular complexity index is 871. The first-order valence-corrected chi connectivity index (χ1v) is 10.2. The summed E-state index contributed by atoms with van der Waals surface area (Å²) < 4.78 is 4.80. The molecule has 2 rings (SSSR count). The third kappa shape index (κ3) is 6.88. The molecule has 0 aliphatic rings. The zero-order valence-corrected chi connectivity index (χ0v) is 18.1. The minimum atomic E-state index is -0.738. The number of methoxy groups -OCH3 is 1. The molecule has 30 heavy (non-hydrogen) atoms. The standard InChI is InChI=1S/C23H27ClN2O4/c1-15(2)13-20(23(29)30-3)25-21(27)14-19(16-9-5-4-6-10-16)26-22(28)17-11-7-8-12-18(17)24/h4-12,15,19-20H,13-14H2,1-3H3,(H,25,27)(H,26,28). The third-order valence-corrected chi connectivity index (χ3v) is 4.87. The second kappa shape index (κ2) is 11.4. The number of ether oxygens (including phenoxy) is 1. The van der Waals surface area contributed by atoms with E-state index in [-0.39, 0.29) is 24.2 Å². The Balaban J connectivity index is 2.17. The van der Waals surface area contributed by atoms with Crippen LogP contribution in [-0.2, 0) is 14.3 Å². The largest absolute Gasteiger partial charge is 0.467 e. The Hall–Kier alpha value is -2.86. The Morgan fingerprint density at radius 3 is 2.20 bits per heavy atom. The molecule has 0 aromatic heterocycles. The highest BCUT2D eigenvalue weighted by Crippen LogP contribution is 2.20. The molecule has 0 saturated heterocycles. The van der Waals surface area contributed by atoms with Crippen LogP contribution in [0, 0.1) is 5.92 Å². The molecule has 0 aliphatic heterocycles. The fourth-order valence-electron chi connectivity index (χ4n) is 3.09. The van der Waals surface area contributed by atoms with E-state index in [1.807, 2.05) is 44.2 Å². The highest BCUT2D eigenvalue weighted by Gasteiger charge is 2.25. The number of carbonyl (C=O) groups excluding carboxylic acids is 3. The molecule has 0 aliphatic carbocycles. The van der Waals surface area contributed by atoms with Crippen molar-refractivity contribution < 1.29 is 19.1 Å². The van der Waals surface area contributed by atoms with Crippen LogP contribution in [-0.4, -0.2) is 30.9 Å². The van der Waals surface area contributed by atoms with Gasteiger partial charge in [-0.3, -0.25) is 9.59 Å². The van der Waals surface area contributed by atoms with Crippen molar-refractivity contribution in [1.29, 1.82) is 0 Å². The van der Waals surface area contributed by atoms with Gasteiger partial charge in [0.2, 0.25) is 5.91 Å². The van der Waals surface area contributed by atoms with Crippen molar-refractivity contribution in [3.05, 3.63) is 70.7 Å². The first-order chi connectivity index (χ1) is 14.3. The Morgan fingerprint density at radius 2 is 1.60 bits per heavy atom. The smallest absolute Gasteiger partial charge is 0.328 e. The first-order valence-electron chi connectivity index (χ1n) is 9.79. The Labute approximate surface area is 182 Å². The molecule has 2 aromatic carbocycles. The van der Waals surface area contributed by atoms with Crippen molar-refractivity contribution in [1.82, 2.24) is 10.6 Å². The summed E-state index contributed by atoms with van der Waals surface area (Å²) in [4.78, 5) is 37.5. The maximum absolute atomic E-state index is 12.8. The summed E-state index contributed by atoms with van der Waals surface area (Å²) >= 11 is 6.13. The molecule has 160 valence electrons. The van der Waals surface area contributed by atoms with Crippen molar-refractivity contribution >= 4 is 29.4 Å². The molecule has 0 fully saturated rings. The fourth-order valence-corrected chi connectivity index (χ4v) is 3.31. The van der Waals surface area contributed by atoms with Gasteiger partial charge >= 0.3 is 5.97 Å². The van der Waals surface area contributed by atoms with Gasteiger partial charge in [-0.05, 0) is 30.0 Å². The number of esters is 1. The van der Waals surface area contributed by atoms with Crippen molar-refractivity contribution in [3.63, 3.8) is 0 Å². The van der Waals surface area contributed by atoms with E-state index in [4.69, 9.17) is 16.3 Å². The zero-order valence-electron chi connectivity index (χ0n) is 17.4. The molecular formula is C23H27ClN2O4. The van der Waals surface area contributed by atoms with Gasteiger partial charge in [0.1, 0.15) is 6.04 Å². The summed E-state index contributed by atoms with van der Waals surface area (Å²) in [7, 11) is 1.29. The zero-order chi connectivity index (χ0) is 22.1. The molecule has 0 spiro atoms. The van der Waals surface area contributed by atoms with Gasteiger partial charge in [-0.15, -0.1) is 0 Å². The summed E-state index contributed by atoms with van der Waals surface area (Å²) in [5.41, 5.74) is 1.10. The molecule has 2 atom stereocenters. The number of hydrogen-bond donors (Lipinski definition) is 2. The number of carbonyl (C=O) groups is 3. The summed E-state index contributed by atoms with van der Waals surface area (Å²) in [6, 6.07) is 14.6. The number of halogens is 1. The molecule has 2 aromatic rings. The number of rotatable bonds is 9. The van der Waals surface area contributed by atoms with Crippen LogP contribution < -0.4 is 10.6 Å². The lowest BCUT2D eigenvalue weighted by molar-refractivity contribution is -0.145. The van der Waals surface area contributed by atoms with E-state index < -0.39 is 18.1 Å². The predicted molar refractivity (Wildman–Crippen MR) is 116 cm³/mol. The second-order valence-electron chi connectivity index (χ2n) is 7.39. The van der Waals surface area contributed by atoms with Crippen LogP contribution in [0.25, 0.3) is 0 Å². The van der Waals surface area contributed by atoms with Crippen LogP contribution >= 0.6 is 11.6 Å². The van der Waals surface area contributed by atoms with E-state index in [9.17, 15) is 14.4 Å². The lowest BCUT2D eigenvalue weighted by Gasteiger charge is -2.22. The topological polar surface area (TPSA) is 84.5 Å². The molecule has 2 unspecified atom stereocenters. The maximum Gasteiger partial charge on any atom is 0.328 e. The maximum atomic E-state index is 12.8. The van der Waals surface area contributed by atoms with Crippen molar-refractivity contribution in [2.45, 2.75) is 38.8 Å². The molecule has 0 bridgehead atoms. The lowest BCUT2D eigenvalue weighted by atomic mass is 10.0. The summed E-state index contributed by atoms with van der Waals surface area (Å²) in [5.74, 6) is -1.04. The van der Waals surface area contributed by atoms with Crippen molar-refractivity contribution in [2.75, 3.05) is 7.11 Å². The van der Waals surface area contributed by atoms with E-state index in [1.54, 1.807) is 24.3 Å². The van der Waals surface area contributed by atoms with Crippen LogP contribution in [0.5, 0.6) is 0 Å². The highest BCUT2D eigenvalue weighted by atomic mass is 35.5. The van der Waals surface area contributed by atoms with Gasteiger partial charge in [-0.1, -0.05) is 67.9 Å². The van der Waals surface area contributed by atoms with Gasteiger partial charge in [0.15, 0.2) is 0 Å². The molecular weight excluding hydrogens is 404 g/mol. The second-order valence-corrected chi connectivity index (χ2v) is 7.80. The van der Waals surface area contributed by atoms with E-state index in [2.05, 4.69) is 10.6 Å². The molecule has 2 N–H and O–H groups in total. The third-order valence-electron chi connectivity index (χ3n) is 4.54. The molecule has 0 radical (unpaired) electrons. The van der Waals surface area contributed by atoms with E-state index in [0.717, 1.165) is 5.56 Å². The van der Waals surface area contributed by atoms with Gasteiger partial charge in [0.25, 0.3) is 5.91 Å². The van der Waals surface area contributed by atoms with Crippen LogP contribution in [0.2, 0.25) is 5.02 Å². The van der Waals surface area contributed by atoms with E-state index >= 15 is 0 Å². The number of hydrogen-bond acceptors (Lipinski definition) is 4. The highest BCUT2D eigenvalue weighted by molar-refractivity contribution is 6.33. The van der Waals surface area contributed by atoms with Gasteiger partial charge in [0.05, 0.1) is 30.2 Å². The number of nitrogens with one attached hydrogen (secondary N) is 2. The van der Waals surface area contributed by atoms with Crippen molar-refractivity contribution in [3.8, 4) is 0 Å². The summed E-state index contributed by atoms with van der Waals surface area (Å²) in [6.45, 7) is 3.91. The van der Waals surface area contributed by atoms with E-state index in [1.165, 1.54) is 7.11 Å². The van der Waals surface area contributed by atoms with Gasteiger partial charge in [0, 0.05) is 0 Å². The quantitative estimate of drug-likeness (QED) is 0.591.